The lowest BCUT2D eigenvalue weighted by molar-refractivity contribution is 0.130. The van der Waals surface area contributed by atoms with Gasteiger partial charge in [-0.3, -0.25) is 4.90 Å². The summed E-state index contributed by atoms with van der Waals surface area (Å²) in [5.41, 5.74) is 0. The molecular weight excluding hydrogens is 322 g/mol. The molecule has 5 nitrogen and oxygen atoms in total. The first-order chi connectivity index (χ1) is 10.7. The Morgan fingerprint density at radius 1 is 1.27 bits per heavy atom. The Morgan fingerprint density at radius 3 is 2.73 bits per heavy atom. The van der Waals surface area contributed by atoms with E-state index >= 15 is 0 Å². The maximum Gasteiger partial charge on any atom is 0.317 e. The molecule has 22 heavy (non-hydrogen) atoms. The van der Waals surface area contributed by atoms with Gasteiger partial charge < -0.3 is 14.6 Å². The summed E-state index contributed by atoms with van der Waals surface area (Å²) in [6.07, 6.45) is 1.69. The van der Waals surface area contributed by atoms with Gasteiger partial charge in [0.1, 0.15) is 5.76 Å². The van der Waals surface area contributed by atoms with Crippen molar-refractivity contribution < 1.29 is 9.21 Å². The highest BCUT2D eigenvalue weighted by atomic mass is 35.5. The second-order valence-electron chi connectivity index (χ2n) is 5.21. The van der Waals surface area contributed by atoms with Gasteiger partial charge in [-0.15, -0.1) is 11.3 Å². The van der Waals surface area contributed by atoms with Gasteiger partial charge in [-0.05, 0) is 24.3 Å². The lowest BCUT2D eigenvalue weighted by atomic mass is 10.3. The summed E-state index contributed by atoms with van der Waals surface area (Å²) >= 11 is 7.37. The number of carbonyl (C=O) groups excluding carboxylic acids is 1. The molecule has 0 atom stereocenters. The summed E-state index contributed by atoms with van der Waals surface area (Å²) in [6, 6.07) is 7.65. The van der Waals surface area contributed by atoms with E-state index in [0.29, 0.717) is 6.54 Å². The highest BCUT2D eigenvalue weighted by Crippen LogP contribution is 2.21. The normalized spacial score (nSPS) is 16.0. The average Bonchev–Trinajstić information content (AvgIpc) is 3.17. The second-order valence-corrected chi connectivity index (χ2v) is 7.01. The van der Waals surface area contributed by atoms with Crippen molar-refractivity contribution in [3.63, 3.8) is 0 Å². The van der Waals surface area contributed by atoms with Gasteiger partial charge in [0.25, 0.3) is 0 Å². The van der Waals surface area contributed by atoms with E-state index in [1.165, 1.54) is 11.3 Å². The third-order valence-corrected chi connectivity index (χ3v) is 4.89. The minimum absolute atomic E-state index is 0.0119. The molecule has 2 amide bonds. The van der Waals surface area contributed by atoms with Crippen LogP contribution >= 0.6 is 22.9 Å². The molecule has 7 heteroatoms. The van der Waals surface area contributed by atoms with E-state index in [0.717, 1.165) is 47.7 Å². The van der Waals surface area contributed by atoms with Crippen molar-refractivity contribution in [1.82, 2.24) is 15.1 Å². The molecule has 2 aromatic rings. The largest absolute Gasteiger partial charge is 0.468 e. The molecule has 3 rings (SSSR count). The molecule has 1 aliphatic rings. The molecule has 0 bridgehead atoms. The molecule has 0 saturated carbocycles. The topological polar surface area (TPSA) is 48.7 Å². The summed E-state index contributed by atoms with van der Waals surface area (Å²) in [7, 11) is 0. The van der Waals surface area contributed by atoms with Crippen molar-refractivity contribution in [3.8, 4) is 0 Å². The van der Waals surface area contributed by atoms with Crippen LogP contribution in [0.25, 0.3) is 0 Å². The summed E-state index contributed by atoms with van der Waals surface area (Å²) in [5.74, 6) is 0.965. The van der Waals surface area contributed by atoms with Gasteiger partial charge in [0, 0.05) is 31.1 Å². The highest BCUT2D eigenvalue weighted by Gasteiger charge is 2.21. The number of hydrogen-bond donors (Lipinski definition) is 1. The van der Waals surface area contributed by atoms with E-state index in [-0.39, 0.29) is 6.03 Å². The zero-order valence-electron chi connectivity index (χ0n) is 12.1. The van der Waals surface area contributed by atoms with Crippen molar-refractivity contribution in [2.24, 2.45) is 0 Å². The molecule has 118 valence electrons. The van der Waals surface area contributed by atoms with E-state index in [9.17, 15) is 4.79 Å². The number of rotatable bonds is 4. The highest BCUT2D eigenvalue weighted by molar-refractivity contribution is 7.16. The van der Waals surface area contributed by atoms with Gasteiger partial charge in [-0.25, -0.2) is 4.79 Å². The van der Waals surface area contributed by atoms with E-state index < -0.39 is 0 Å². The molecule has 0 aromatic carbocycles. The van der Waals surface area contributed by atoms with Crippen molar-refractivity contribution in [2.45, 2.75) is 13.1 Å². The molecule has 0 spiro atoms. The molecule has 0 radical (unpaired) electrons. The number of nitrogens with zero attached hydrogens (tertiary/aromatic N) is 2. The molecule has 2 aromatic heterocycles. The summed E-state index contributed by atoms with van der Waals surface area (Å²) < 4.78 is 6.10. The van der Waals surface area contributed by atoms with Crippen molar-refractivity contribution in [1.29, 1.82) is 0 Å². The Morgan fingerprint density at radius 2 is 2.09 bits per heavy atom. The van der Waals surface area contributed by atoms with Crippen LogP contribution in [0.4, 0.5) is 4.79 Å². The van der Waals surface area contributed by atoms with Gasteiger partial charge in [-0.1, -0.05) is 11.6 Å². The van der Waals surface area contributed by atoms with E-state index in [1.54, 1.807) is 6.26 Å². The molecule has 0 aliphatic carbocycles. The third-order valence-electron chi connectivity index (χ3n) is 3.66. The number of thiophene rings is 1. The van der Waals surface area contributed by atoms with E-state index in [2.05, 4.69) is 10.2 Å². The number of amides is 2. The fourth-order valence-electron chi connectivity index (χ4n) is 2.45. The number of hydrogen-bond acceptors (Lipinski definition) is 4. The standard InChI is InChI=1S/C15H18ClN3O2S/c16-14-4-3-13(22-14)10-17-15(20)19-7-5-18(6-8-19)11-12-2-1-9-21-12/h1-4,9H,5-8,10-11H2,(H,17,20). The van der Waals surface area contributed by atoms with Crippen LogP contribution in [0.1, 0.15) is 10.6 Å². The van der Waals surface area contributed by atoms with Crippen LogP contribution in [0, 0.1) is 0 Å². The lowest BCUT2D eigenvalue weighted by Gasteiger charge is -2.34. The molecule has 1 aliphatic heterocycles. The third kappa shape index (κ3) is 4.03. The number of carbonyl (C=O) groups is 1. The fourth-order valence-corrected chi connectivity index (χ4v) is 3.48. The first-order valence-corrected chi connectivity index (χ1v) is 8.42. The van der Waals surface area contributed by atoms with Crippen LogP contribution in [-0.4, -0.2) is 42.0 Å². The number of piperazine rings is 1. The minimum Gasteiger partial charge on any atom is -0.468 e. The zero-order chi connectivity index (χ0) is 15.4. The predicted octanol–water partition coefficient (Wildman–Crippen LogP) is 3.02. The predicted molar refractivity (Wildman–Crippen MR) is 87.1 cm³/mol. The quantitative estimate of drug-likeness (QED) is 0.931. The van der Waals surface area contributed by atoms with Crippen LogP contribution in [0.2, 0.25) is 4.34 Å². The number of furan rings is 1. The average molecular weight is 340 g/mol. The molecule has 1 saturated heterocycles. The van der Waals surface area contributed by atoms with Crippen LogP contribution < -0.4 is 5.32 Å². The Balaban J connectivity index is 1.41. The Labute approximate surface area is 138 Å². The smallest absolute Gasteiger partial charge is 0.317 e. The molecule has 1 N–H and O–H groups in total. The maximum atomic E-state index is 12.2. The Hall–Kier alpha value is -1.50. The second kappa shape index (κ2) is 7.17. The van der Waals surface area contributed by atoms with E-state index in [4.69, 9.17) is 16.0 Å². The summed E-state index contributed by atoms with van der Waals surface area (Å²) in [5, 5.41) is 2.94. The number of nitrogens with one attached hydrogen (secondary N) is 1. The van der Waals surface area contributed by atoms with Crippen molar-refractivity contribution in [3.05, 3.63) is 45.5 Å². The van der Waals surface area contributed by atoms with Gasteiger partial charge in [0.2, 0.25) is 0 Å². The van der Waals surface area contributed by atoms with Gasteiger partial charge >= 0.3 is 6.03 Å². The fraction of sp³-hybridized carbons (Fsp3) is 0.400. The number of urea groups is 1. The first kappa shape index (κ1) is 15.4. The summed E-state index contributed by atoms with van der Waals surface area (Å²) in [4.78, 5) is 17.4. The molecule has 3 heterocycles. The van der Waals surface area contributed by atoms with Crippen molar-refractivity contribution >= 4 is 29.0 Å². The van der Waals surface area contributed by atoms with Crippen molar-refractivity contribution in [2.75, 3.05) is 26.2 Å². The number of halogens is 1. The molecular formula is C15H18ClN3O2S. The van der Waals surface area contributed by atoms with Gasteiger partial charge in [-0.2, -0.15) is 0 Å². The lowest BCUT2D eigenvalue weighted by Crippen LogP contribution is -2.51. The van der Waals surface area contributed by atoms with Crippen LogP contribution in [0.3, 0.4) is 0 Å². The summed E-state index contributed by atoms with van der Waals surface area (Å²) in [6.45, 7) is 4.52. The Kier molecular flexibility index (Phi) is 5.02. The molecule has 1 fully saturated rings. The first-order valence-electron chi connectivity index (χ1n) is 7.22. The SMILES string of the molecule is O=C(NCc1ccc(Cl)s1)N1CCN(Cc2ccco2)CC1. The molecule has 0 unspecified atom stereocenters. The van der Waals surface area contributed by atoms with Gasteiger partial charge in [0.05, 0.1) is 23.7 Å². The van der Waals surface area contributed by atoms with Crippen LogP contribution in [-0.2, 0) is 13.1 Å². The Bertz CT molecular complexity index is 606. The monoisotopic (exact) mass is 339 g/mol. The van der Waals surface area contributed by atoms with Crippen LogP contribution in [0.5, 0.6) is 0 Å². The van der Waals surface area contributed by atoms with Gasteiger partial charge in [0.15, 0.2) is 0 Å². The minimum atomic E-state index is -0.0119. The van der Waals surface area contributed by atoms with Crippen LogP contribution in [0.15, 0.2) is 34.9 Å². The zero-order valence-corrected chi connectivity index (χ0v) is 13.7. The van der Waals surface area contributed by atoms with E-state index in [1.807, 2.05) is 29.2 Å². The maximum absolute atomic E-state index is 12.2.